The smallest absolute Gasteiger partial charge is 0.463 e. The molecule has 0 saturated heterocycles. The van der Waals surface area contributed by atoms with Crippen LogP contribution in [0.15, 0.2) is 170 Å². The Labute approximate surface area is 777 Å². The van der Waals surface area contributed by atoms with Crippen LogP contribution in [0.4, 0.5) is 0 Å². The average molecular weight is 1820 g/mol. The van der Waals surface area contributed by atoms with Crippen molar-refractivity contribution in [1.82, 2.24) is 0 Å². The van der Waals surface area contributed by atoms with Crippen LogP contribution in [0.1, 0.15) is 445 Å². The first-order valence-electron chi connectivity index (χ1n) is 51.4. The van der Waals surface area contributed by atoms with Crippen LogP contribution >= 0.6 is 15.6 Å². The second-order valence-electron chi connectivity index (χ2n) is 34.2. The lowest BCUT2D eigenvalue weighted by atomic mass is 10.0. The van der Waals surface area contributed by atoms with E-state index in [-0.39, 0.29) is 19.3 Å². The zero-order chi connectivity index (χ0) is 92.1. The van der Waals surface area contributed by atoms with Crippen molar-refractivity contribution in [2.45, 2.75) is 463 Å². The van der Waals surface area contributed by atoms with Gasteiger partial charge in [-0.15, -0.1) is 0 Å². The third kappa shape index (κ3) is 101. The number of carbonyl (C=O) groups is 3. The van der Waals surface area contributed by atoms with Crippen LogP contribution in [0.25, 0.3) is 0 Å². The van der Waals surface area contributed by atoms with Crippen LogP contribution in [-0.4, -0.2) is 95.9 Å². The van der Waals surface area contributed by atoms with Crippen molar-refractivity contribution in [3.63, 3.8) is 0 Å². The third-order valence-corrected chi connectivity index (χ3v) is 23.8. The van der Waals surface area contributed by atoms with E-state index >= 15 is 0 Å². The molecule has 0 aliphatic carbocycles. The predicted molar refractivity (Wildman–Crippen MR) is 537 cm³/mol. The number of ether oxygens (including phenoxy) is 3. The Morgan fingerprint density at radius 3 is 0.661 bits per heavy atom. The Morgan fingerprint density at radius 1 is 0.228 bits per heavy atom. The predicted octanol–water partition coefficient (Wildman–Crippen LogP) is 32.6. The number of aliphatic hydroxyl groups excluding tert-OH is 2. The Kier molecular flexibility index (Phi) is 95.9. The van der Waals surface area contributed by atoms with Gasteiger partial charge in [-0.25, -0.2) is 9.13 Å². The van der Waals surface area contributed by atoms with Gasteiger partial charge >= 0.3 is 33.6 Å². The largest absolute Gasteiger partial charge is 0.472 e. The molecule has 0 spiro atoms. The molecule has 0 saturated carbocycles. The van der Waals surface area contributed by atoms with Gasteiger partial charge in [-0.1, -0.05) is 441 Å². The molecule has 0 aromatic carbocycles. The fraction of sp³-hybridized carbons (Fsp3) is 0.716. The number of allylic oxidation sites excluding steroid dienone is 28. The zero-order valence-corrected chi connectivity index (χ0v) is 82.7. The monoisotopic (exact) mass is 1820 g/mol. The van der Waals surface area contributed by atoms with Gasteiger partial charge in [0.1, 0.15) is 25.4 Å². The molecule has 16 nitrogen and oxygen atoms in total. The molecule has 0 aromatic heterocycles. The number of phosphoric acid groups is 2. The minimum Gasteiger partial charge on any atom is -0.463 e. The van der Waals surface area contributed by atoms with Crippen LogP contribution in [0.2, 0.25) is 0 Å². The highest BCUT2D eigenvalue weighted by molar-refractivity contribution is 7.47. The summed E-state index contributed by atoms with van der Waals surface area (Å²) in [4.78, 5) is 59.2. The van der Waals surface area contributed by atoms with Gasteiger partial charge in [0.25, 0.3) is 0 Å². The molecule has 0 amide bonds. The van der Waals surface area contributed by atoms with E-state index in [9.17, 15) is 43.5 Å². The van der Waals surface area contributed by atoms with E-state index in [1.165, 1.54) is 225 Å². The van der Waals surface area contributed by atoms with E-state index < -0.39 is 91.5 Å². The number of aliphatic hydroxyl groups is 2. The van der Waals surface area contributed by atoms with E-state index in [0.29, 0.717) is 19.3 Å². The Bertz CT molecular complexity index is 2990. The van der Waals surface area contributed by atoms with Gasteiger partial charge in [0.05, 0.1) is 26.4 Å². The number of hydrogen-bond acceptors (Lipinski definition) is 14. The summed E-state index contributed by atoms with van der Waals surface area (Å²) in [6.07, 6.45) is 131. The number of phosphoric ester groups is 2. The molecule has 127 heavy (non-hydrogen) atoms. The molecule has 0 radical (unpaired) electrons. The molecule has 0 heterocycles. The fourth-order valence-electron chi connectivity index (χ4n) is 14.2. The van der Waals surface area contributed by atoms with Crippen molar-refractivity contribution in [3.05, 3.63) is 170 Å². The highest BCUT2D eigenvalue weighted by Gasteiger charge is 2.30. The molecule has 5 atom stereocenters. The first-order chi connectivity index (χ1) is 62.2. The molecule has 0 aliphatic heterocycles. The fourth-order valence-corrected chi connectivity index (χ4v) is 15.8. The van der Waals surface area contributed by atoms with Gasteiger partial charge < -0.3 is 34.2 Å². The number of rotatable bonds is 97. The number of unbranched alkanes of at least 4 members (excludes halogenated alkanes) is 46. The van der Waals surface area contributed by atoms with Crippen molar-refractivity contribution in [3.8, 4) is 0 Å². The van der Waals surface area contributed by atoms with Crippen molar-refractivity contribution < 1.29 is 75.8 Å². The Balaban J connectivity index is 4.51. The lowest BCUT2D eigenvalue weighted by molar-refractivity contribution is -0.161. The van der Waals surface area contributed by atoms with Gasteiger partial charge in [0, 0.05) is 19.3 Å². The quantitative estimate of drug-likeness (QED) is 0.0146. The first kappa shape index (κ1) is 122. The van der Waals surface area contributed by atoms with Gasteiger partial charge in [0.2, 0.25) is 0 Å². The second kappa shape index (κ2) is 99.9. The molecule has 0 rings (SSSR count). The van der Waals surface area contributed by atoms with Gasteiger partial charge in [-0.3, -0.25) is 32.5 Å². The van der Waals surface area contributed by atoms with Crippen LogP contribution in [0.5, 0.6) is 0 Å². The van der Waals surface area contributed by atoms with E-state index in [0.717, 1.165) is 161 Å². The molecule has 0 bridgehead atoms. The van der Waals surface area contributed by atoms with Crippen LogP contribution in [0, 0.1) is 0 Å². The van der Waals surface area contributed by atoms with Crippen LogP contribution < -0.4 is 0 Å². The molecule has 0 aliphatic rings. The molecule has 730 valence electrons. The zero-order valence-electron chi connectivity index (χ0n) is 80.9. The number of carbonyl (C=O) groups excluding carboxylic acids is 3. The Morgan fingerprint density at radius 2 is 0.417 bits per heavy atom. The topological polar surface area (TPSA) is 231 Å². The minimum atomic E-state index is -4.95. The summed E-state index contributed by atoms with van der Waals surface area (Å²) in [6.45, 7) is 2.48. The lowest BCUT2D eigenvalue weighted by Gasteiger charge is -2.21. The molecule has 0 aromatic rings. The highest BCUT2D eigenvalue weighted by atomic mass is 31.2. The molecule has 4 N–H and O–H groups in total. The summed E-state index contributed by atoms with van der Waals surface area (Å²) >= 11 is 0. The minimum absolute atomic E-state index is 0.0824. The summed E-state index contributed by atoms with van der Waals surface area (Å²) < 4.78 is 61.6. The second-order valence-corrected chi connectivity index (χ2v) is 37.1. The van der Waals surface area contributed by atoms with Gasteiger partial charge in [-0.05, 0) is 154 Å². The summed E-state index contributed by atoms with van der Waals surface area (Å²) in [5, 5.41) is 20.8. The van der Waals surface area contributed by atoms with Crippen LogP contribution in [0.3, 0.4) is 0 Å². The van der Waals surface area contributed by atoms with Gasteiger partial charge in [-0.2, -0.15) is 0 Å². The van der Waals surface area contributed by atoms with Crippen molar-refractivity contribution in [2.24, 2.45) is 0 Å². The van der Waals surface area contributed by atoms with E-state index in [1.807, 2.05) is 0 Å². The number of esters is 3. The van der Waals surface area contributed by atoms with Gasteiger partial charge in [0.15, 0.2) is 6.10 Å². The third-order valence-electron chi connectivity index (χ3n) is 21.9. The molecule has 18 heteroatoms. The summed E-state index contributed by atoms with van der Waals surface area (Å²) in [5.41, 5.74) is 0. The standard InChI is InChI=1S/C109H188O16P2/c1-4-7-10-13-16-19-22-25-28-31-34-37-39-41-43-45-47-49-51-53-55-57-59-61-63-66-68-71-74-77-80-83-86-89-92-95-107(112)119-98-104(110)99-121-126(115,116)122-100-105(111)101-123-127(117,118)124-103-106(125-109(114)97-94-91-88-85-82-79-76-73-70-65-36-33-30-27-24-21-18-15-12-9-6-3)102-120-108(113)96-93-90-87-84-81-78-75-72-69-67-64-62-60-58-56-54-52-50-48-46-44-42-40-38-35-32-29-26-23-20-17-14-11-8-5-2/h7-8,10-11,16-21,25-30,34-38,41-44,65,73,76,104-106,110-111H,4-6,9,12-15,22-24,31-33,39-40,45-64,66-72,74-75,77-103H2,1-3H3,(H,115,116)(H,117,118)/b10-7-,11-8-,19-16-,20-17-,21-18-,28-25-,29-26-,30-27-,37-34-,38-35-,43-41-,44-42-,65-36-,76-73-. The van der Waals surface area contributed by atoms with E-state index in [4.69, 9.17) is 32.3 Å². The van der Waals surface area contributed by atoms with Crippen molar-refractivity contribution in [2.75, 3.05) is 39.6 Å². The molecular weight excluding hydrogens is 1630 g/mol. The lowest BCUT2D eigenvalue weighted by Crippen LogP contribution is -2.30. The SMILES string of the molecule is CC/C=C\C/C=C\C/C=C\C/C=C\C/C=C\CCCCCCCCCCCCCCCCCCCCCC(=O)OCC(O)COP(=O)(O)OCC(O)COP(=O)(O)OCC(COC(=O)CCCCCCCCCCCCCCCCCCCCC/C=C\C/C=C\C/C=C\C/C=C\C/C=C\CC)OC(=O)CCCCCCC/C=C\C/C=C\C/C=C\C/C=C\CCCCC. The average Bonchev–Trinajstić information content (AvgIpc) is 0.893. The summed E-state index contributed by atoms with van der Waals surface area (Å²) in [6, 6.07) is 0. The molecular formula is C109H188O16P2. The first-order valence-corrected chi connectivity index (χ1v) is 54.4. The normalized spacial score (nSPS) is 14.4. The Hall–Kier alpha value is -5.09. The summed E-state index contributed by atoms with van der Waals surface area (Å²) in [5.74, 6) is -1.58. The maximum absolute atomic E-state index is 13.1. The molecule has 0 fully saturated rings. The van der Waals surface area contributed by atoms with Crippen LogP contribution in [-0.2, 0) is 55.8 Å². The maximum atomic E-state index is 13.1. The van der Waals surface area contributed by atoms with E-state index in [1.54, 1.807) is 0 Å². The maximum Gasteiger partial charge on any atom is 0.472 e. The molecule has 5 unspecified atom stereocenters. The number of hydrogen-bond donors (Lipinski definition) is 4. The van der Waals surface area contributed by atoms with E-state index in [2.05, 4.69) is 191 Å². The van der Waals surface area contributed by atoms with Crippen molar-refractivity contribution in [1.29, 1.82) is 0 Å². The van der Waals surface area contributed by atoms with Crippen molar-refractivity contribution >= 4 is 33.6 Å². The summed E-state index contributed by atoms with van der Waals surface area (Å²) in [7, 11) is -9.82. The highest BCUT2D eigenvalue weighted by Crippen LogP contribution is 2.45.